The lowest BCUT2D eigenvalue weighted by atomic mass is 10.2. The van der Waals surface area contributed by atoms with Gasteiger partial charge in [-0.15, -0.1) is 0 Å². The van der Waals surface area contributed by atoms with Crippen LogP contribution in [0.25, 0.3) is 11.2 Å². The number of alkyl halides is 1. The van der Waals surface area contributed by atoms with Gasteiger partial charge in [0.05, 0.1) is 19.5 Å². The average molecular weight is 364 g/mol. The molecule has 0 bridgehead atoms. The van der Waals surface area contributed by atoms with E-state index in [1.54, 1.807) is 4.57 Å². The van der Waals surface area contributed by atoms with E-state index >= 15 is 0 Å². The number of ether oxygens (including phenoxy) is 2. The summed E-state index contributed by atoms with van der Waals surface area (Å²) in [6.45, 7) is 0.671. The molecule has 0 saturated heterocycles. The first-order chi connectivity index (χ1) is 12.1. The zero-order valence-corrected chi connectivity index (χ0v) is 14.3. The lowest BCUT2D eigenvalue weighted by Crippen LogP contribution is -2.26. The van der Waals surface area contributed by atoms with E-state index in [2.05, 4.69) is 15.0 Å². The molecule has 2 heterocycles. The van der Waals surface area contributed by atoms with Crippen LogP contribution < -0.4 is 11.3 Å². The maximum absolute atomic E-state index is 11.9. The van der Waals surface area contributed by atoms with Crippen molar-refractivity contribution >= 4 is 28.7 Å². The molecule has 0 aliphatic carbocycles. The number of hydrogen-bond donors (Lipinski definition) is 2. The number of nitrogens with zero attached hydrogens (tertiary/aromatic N) is 3. The van der Waals surface area contributed by atoms with E-state index in [0.717, 1.165) is 5.56 Å². The largest absolute Gasteiger partial charge is 0.374 e. The van der Waals surface area contributed by atoms with Crippen molar-refractivity contribution in [1.82, 2.24) is 19.5 Å². The van der Waals surface area contributed by atoms with E-state index in [4.69, 9.17) is 26.8 Å². The number of rotatable bonds is 7. The van der Waals surface area contributed by atoms with Crippen molar-refractivity contribution in [2.24, 2.45) is 0 Å². The summed E-state index contributed by atoms with van der Waals surface area (Å²) in [5.41, 5.74) is 6.08. The number of fused-ring (bicyclic) bond motifs is 1. The van der Waals surface area contributed by atoms with Gasteiger partial charge in [-0.3, -0.25) is 9.78 Å². The summed E-state index contributed by atoms with van der Waals surface area (Å²) in [6.07, 6.45) is 1.48. The molecule has 8 nitrogen and oxygen atoms in total. The van der Waals surface area contributed by atoms with Crippen molar-refractivity contribution in [1.29, 1.82) is 0 Å². The highest BCUT2D eigenvalue weighted by molar-refractivity contribution is 6.20. The summed E-state index contributed by atoms with van der Waals surface area (Å²) in [5, 5.41) is 0. The summed E-state index contributed by atoms with van der Waals surface area (Å²) in [6, 6.07) is 9.33. The third-order valence-electron chi connectivity index (χ3n) is 3.74. The number of methoxy groups -OCH3 is 1. The number of aromatic amines is 1. The molecule has 0 aliphatic heterocycles. The van der Waals surface area contributed by atoms with Crippen molar-refractivity contribution in [2.75, 3.05) is 19.5 Å². The molecular weight excluding hydrogens is 346 g/mol. The van der Waals surface area contributed by atoms with E-state index in [1.807, 2.05) is 30.3 Å². The van der Waals surface area contributed by atoms with Gasteiger partial charge >= 0.3 is 0 Å². The highest BCUT2D eigenvalue weighted by Crippen LogP contribution is 2.22. The number of H-pyrrole nitrogens is 1. The number of nitrogens with one attached hydrogen (secondary N) is 1. The number of hydrogen-bond acceptors (Lipinski definition) is 6. The summed E-state index contributed by atoms with van der Waals surface area (Å²) in [4.78, 5) is 22.6. The molecule has 0 aliphatic rings. The van der Waals surface area contributed by atoms with Gasteiger partial charge in [0.15, 0.2) is 16.7 Å². The van der Waals surface area contributed by atoms with E-state index in [-0.39, 0.29) is 18.1 Å². The fourth-order valence-corrected chi connectivity index (χ4v) is 2.69. The SMILES string of the molecule is CO[C@H](Cl)C(COCc1ccccc1)n1cnc2c(=O)[nH]c(N)nc21. The van der Waals surface area contributed by atoms with Gasteiger partial charge in [0.2, 0.25) is 5.95 Å². The number of anilines is 1. The normalized spacial score (nSPS) is 13.8. The summed E-state index contributed by atoms with van der Waals surface area (Å²) >= 11 is 6.29. The molecule has 2 aromatic heterocycles. The Morgan fingerprint density at radius 1 is 1.36 bits per heavy atom. The quantitative estimate of drug-likeness (QED) is 0.618. The molecule has 1 aromatic carbocycles. The van der Waals surface area contributed by atoms with Crippen LogP contribution in [0.15, 0.2) is 41.5 Å². The number of nitrogen functional groups attached to an aromatic ring is 1. The maximum Gasteiger partial charge on any atom is 0.280 e. The lowest BCUT2D eigenvalue weighted by molar-refractivity contribution is 0.0390. The Kier molecular flexibility index (Phi) is 5.32. The van der Waals surface area contributed by atoms with Gasteiger partial charge in [-0.2, -0.15) is 4.98 Å². The summed E-state index contributed by atoms with van der Waals surface area (Å²) in [7, 11) is 1.50. The molecule has 132 valence electrons. The molecule has 0 amide bonds. The average Bonchev–Trinajstić information content (AvgIpc) is 3.03. The minimum Gasteiger partial charge on any atom is -0.374 e. The van der Waals surface area contributed by atoms with Crippen molar-refractivity contribution < 1.29 is 9.47 Å². The molecule has 25 heavy (non-hydrogen) atoms. The first-order valence-corrected chi connectivity index (χ1v) is 8.04. The molecule has 0 spiro atoms. The molecule has 1 unspecified atom stereocenters. The van der Waals surface area contributed by atoms with Gasteiger partial charge in [-0.25, -0.2) is 4.98 Å². The maximum atomic E-state index is 11.9. The van der Waals surface area contributed by atoms with E-state index in [1.165, 1.54) is 13.4 Å². The zero-order chi connectivity index (χ0) is 17.8. The Balaban J connectivity index is 1.85. The molecule has 0 saturated carbocycles. The first kappa shape index (κ1) is 17.4. The molecule has 3 aromatic rings. The van der Waals surface area contributed by atoms with Gasteiger partial charge in [-0.1, -0.05) is 41.9 Å². The van der Waals surface area contributed by atoms with Crippen LogP contribution >= 0.6 is 11.6 Å². The Morgan fingerprint density at radius 2 is 2.12 bits per heavy atom. The van der Waals surface area contributed by atoms with Crippen molar-refractivity contribution in [3.05, 3.63) is 52.6 Å². The molecular formula is C16H18ClN5O3. The topological polar surface area (TPSA) is 108 Å². The van der Waals surface area contributed by atoms with Crippen LogP contribution in [-0.4, -0.2) is 38.8 Å². The second kappa shape index (κ2) is 7.64. The van der Waals surface area contributed by atoms with Gasteiger partial charge in [-0.05, 0) is 5.56 Å². The number of benzene rings is 1. The Hall–Kier alpha value is -2.42. The molecule has 9 heteroatoms. The predicted octanol–water partition coefficient (Wildman–Crippen LogP) is 1.67. The third-order valence-corrected chi connectivity index (χ3v) is 4.20. The van der Waals surface area contributed by atoms with E-state index < -0.39 is 17.2 Å². The Labute approximate surface area is 148 Å². The monoisotopic (exact) mass is 363 g/mol. The zero-order valence-electron chi connectivity index (χ0n) is 13.6. The minimum absolute atomic E-state index is 0.00624. The summed E-state index contributed by atoms with van der Waals surface area (Å²) < 4.78 is 12.7. The molecule has 3 rings (SSSR count). The fraction of sp³-hybridized carbons (Fsp3) is 0.312. The minimum atomic E-state index is -0.699. The second-order valence-electron chi connectivity index (χ2n) is 5.43. The molecule has 2 atom stereocenters. The first-order valence-electron chi connectivity index (χ1n) is 7.61. The lowest BCUT2D eigenvalue weighted by Gasteiger charge is -2.23. The van der Waals surface area contributed by atoms with E-state index in [0.29, 0.717) is 12.3 Å². The highest BCUT2D eigenvalue weighted by atomic mass is 35.5. The predicted molar refractivity (Wildman–Crippen MR) is 94.3 cm³/mol. The van der Waals surface area contributed by atoms with Crippen LogP contribution in [-0.2, 0) is 16.1 Å². The van der Waals surface area contributed by atoms with E-state index in [9.17, 15) is 4.79 Å². The van der Waals surface area contributed by atoms with Crippen LogP contribution in [0.2, 0.25) is 0 Å². The van der Waals surface area contributed by atoms with Crippen molar-refractivity contribution in [3.8, 4) is 0 Å². The van der Waals surface area contributed by atoms with Crippen LogP contribution in [0.5, 0.6) is 0 Å². The molecule has 0 fully saturated rings. The van der Waals surface area contributed by atoms with Crippen LogP contribution in [0.4, 0.5) is 5.95 Å². The molecule has 3 N–H and O–H groups in total. The number of nitrogens with two attached hydrogens (primary N) is 1. The van der Waals surface area contributed by atoms with Gasteiger partial charge < -0.3 is 19.8 Å². The van der Waals surface area contributed by atoms with Crippen molar-refractivity contribution in [2.45, 2.75) is 18.2 Å². The third kappa shape index (κ3) is 3.81. The van der Waals surface area contributed by atoms with Gasteiger partial charge in [0.1, 0.15) is 6.04 Å². The van der Waals surface area contributed by atoms with Gasteiger partial charge in [0.25, 0.3) is 5.56 Å². The van der Waals surface area contributed by atoms with Crippen molar-refractivity contribution in [3.63, 3.8) is 0 Å². The number of imidazole rings is 1. The Morgan fingerprint density at radius 3 is 2.84 bits per heavy atom. The molecule has 0 radical (unpaired) electrons. The van der Waals surface area contributed by atoms with Crippen LogP contribution in [0, 0.1) is 0 Å². The smallest absolute Gasteiger partial charge is 0.280 e. The fourth-order valence-electron chi connectivity index (χ4n) is 2.50. The van der Waals surface area contributed by atoms with Gasteiger partial charge in [0, 0.05) is 7.11 Å². The standard InChI is InChI=1S/C16H18ClN5O3/c1-24-13(17)11(8-25-7-10-5-3-2-4-6-10)22-9-19-12-14(22)20-16(18)21-15(12)23/h2-6,9,11,13H,7-8H2,1H3,(H3,18,20,21,23)/t11?,13-/m0/s1. The Bertz CT molecular complexity index is 896. The van der Waals surface area contributed by atoms with Crippen LogP contribution in [0.3, 0.4) is 0 Å². The highest BCUT2D eigenvalue weighted by Gasteiger charge is 2.24. The summed E-state index contributed by atoms with van der Waals surface area (Å²) in [5.74, 6) is 0.00624. The second-order valence-corrected chi connectivity index (χ2v) is 5.86. The van der Waals surface area contributed by atoms with Crippen LogP contribution in [0.1, 0.15) is 11.6 Å². The number of aromatic nitrogens is 4. The number of halogens is 1.